The summed E-state index contributed by atoms with van der Waals surface area (Å²) >= 11 is 0. The lowest BCUT2D eigenvalue weighted by atomic mass is 10.1. The smallest absolute Gasteiger partial charge is 0.246 e. The maximum absolute atomic E-state index is 15.4. The minimum atomic E-state index is -3.29. The molecule has 0 saturated heterocycles. The lowest BCUT2D eigenvalue weighted by Gasteiger charge is -2.24. The van der Waals surface area contributed by atoms with Crippen LogP contribution in [0.3, 0.4) is 0 Å². The number of ether oxygens (including phenoxy) is 4. The minimum absolute atomic E-state index is 0.615. The number of aryl methyl sites for hydroxylation is 5. The molecule has 4 rings (SSSR count). The van der Waals surface area contributed by atoms with Crippen molar-refractivity contribution in [1.82, 2.24) is 0 Å². The molecule has 0 spiro atoms. The molecular formula is C28H33O5P. The predicted molar refractivity (Wildman–Crippen MR) is 138 cm³/mol. The van der Waals surface area contributed by atoms with Crippen LogP contribution in [0.15, 0.2) is 36.4 Å². The summed E-state index contributed by atoms with van der Waals surface area (Å²) in [6, 6.07) is 11.8. The van der Waals surface area contributed by atoms with Crippen LogP contribution in [0.1, 0.15) is 41.7 Å². The Kier molecular flexibility index (Phi) is 5.98. The van der Waals surface area contributed by atoms with E-state index in [4.69, 9.17) is 18.9 Å². The lowest BCUT2D eigenvalue weighted by Crippen LogP contribution is -2.30. The normalized spacial score (nSPS) is 14.3. The van der Waals surface area contributed by atoms with E-state index < -0.39 is 12.9 Å². The fourth-order valence-electron chi connectivity index (χ4n) is 4.95. The average Bonchev–Trinajstić information content (AvgIpc) is 3.07. The third-order valence-electron chi connectivity index (χ3n) is 6.32. The van der Waals surface area contributed by atoms with E-state index in [2.05, 4.69) is 0 Å². The maximum atomic E-state index is 15.4. The first kappa shape index (κ1) is 24.2. The van der Waals surface area contributed by atoms with Crippen molar-refractivity contribution in [2.75, 3.05) is 14.2 Å². The van der Waals surface area contributed by atoms with Gasteiger partial charge in [0.05, 0.1) is 14.2 Å². The Morgan fingerprint density at radius 3 is 1.44 bits per heavy atom. The summed E-state index contributed by atoms with van der Waals surface area (Å²) < 4.78 is 38.6. The largest absolute Gasteiger partial charge is 0.496 e. The number of fused-ring (bicyclic) bond motifs is 1. The van der Waals surface area contributed by atoms with E-state index in [1.807, 2.05) is 84.9 Å². The summed E-state index contributed by atoms with van der Waals surface area (Å²) in [5.41, 5.74) is 4.66. The van der Waals surface area contributed by atoms with Gasteiger partial charge in [-0.15, -0.1) is 0 Å². The van der Waals surface area contributed by atoms with Gasteiger partial charge >= 0.3 is 0 Å². The zero-order valence-corrected chi connectivity index (χ0v) is 22.3. The summed E-state index contributed by atoms with van der Waals surface area (Å²) in [5, 5.41) is 2.22. The molecule has 1 heterocycles. The molecule has 0 bridgehead atoms. The number of hydrogen-bond acceptors (Lipinski definition) is 5. The Morgan fingerprint density at radius 2 is 1.03 bits per heavy atom. The summed E-state index contributed by atoms with van der Waals surface area (Å²) in [6.07, 6.45) is 0. The Bertz CT molecular complexity index is 1230. The molecule has 0 aliphatic carbocycles. The van der Waals surface area contributed by atoms with Crippen molar-refractivity contribution in [3.05, 3.63) is 64.2 Å². The van der Waals surface area contributed by atoms with Crippen LogP contribution < -0.4 is 34.9 Å². The second kappa shape index (κ2) is 8.39. The SMILES string of the molecule is COc1c(C)cc(P(=O)(c2cc(C)c(OC)c(C)c2)c2cc(C)c3c(c2)OC(C)(C)O3)cc1C. The Hall–Kier alpha value is -2.91. The van der Waals surface area contributed by atoms with Crippen molar-refractivity contribution < 1.29 is 23.5 Å². The highest BCUT2D eigenvalue weighted by atomic mass is 31.2. The molecule has 34 heavy (non-hydrogen) atoms. The quantitative estimate of drug-likeness (QED) is 0.458. The van der Waals surface area contributed by atoms with Crippen LogP contribution >= 0.6 is 7.14 Å². The van der Waals surface area contributed by atoms with Crippen LogP contribution in [-0.4, -0.2) is 20.0 Å². The molecule has 0 unspecified atom stereocenters. The van der Waals surface area contributed by atoms with Crippen LogP contribution in [0.4, 0.5) is 0 Å². The van der Waals surface area contributed by atoms with Gasteiger partial charge in [0.25, 0.3) is 0 Å². The van der Waals surface area contributed by atoms with Crippen LogP contribution in [-0.2, 0) is 4.57 Å². The molecule has 5 nitrogen and oxygen atoms in total. The molecule has 3 aromatic carbocycles. The van der Waals surface area contributed by atoms with Crippen LogP contribution in [0.2, 0.25) is 0 Å². The summed E-state index contributed by atoms with van der Waals surface area (Å²) in [5.74, 6) is 2.16. The predicted octanol–water partition coefficient (Wildman–Crippen LogP) is 5.39. The molecule has 6 heteroatoms. The minimum Gasteiger partial charge on any atom is -0.496 e. The van der Waals surface area contributed by atoms with Crippen molar-refractivity contribution in [3.63, 3.8) is 0 Å². The van der Waals surface area contributed by atoms with Crippen LogP contribution in [0, 0.1) is 34.6 Å². The van der Waals surface area contributed by atoms with Crippen molar-refractivity contribution in [2.24, 2.45) is 0 Å². The second-order valence-electron chi connectivity index (χ2n) is 9.53. The van der Waals surface area contributed by atoms with Gasteiger partial charge in [0.1, 0.15) is 11.5 Å². The molecule has 1 aliphatic heterocycles. The van der Waals surface area contributed by atoms with Crippen molar-refractivity contribution >= 4 is 23.1 Å². The molecule has 0 N–H and O–H groups in total. The van der Waals surface area contributed by atoms with Gasteiger partial charge in [0.2, 0.25) is 5.79 Å². The maximum Gasteiger partial charge on any atom is 0.246 e. The van der Waals surface area contributed by atoms with E-state index in [9.17, 15) is 0 Å². The van der Waals surface area contributed by atoms with Gasteiger partial charge in [0, 0.05) is 29.8 Å². The van der Waals surface area contributed by atoms with E-state index in [1.165, 1.54) is 0 Å². The molecule has 180 valence electrons. The number of methoxy groups -OCH3 is 2. The van der Waals surface area contributed by atoms with Crippen LogP contribution in [0.5, 0.6) is 23.0 Å². The van der Waals surface area contributed by atoms with Crippen molar-refractivity contribution in [2.45, 2.75) is 54.3 Å². The zero-order valence-electron chi connectivity index (χ0n) is 21.5. The highest BCUT2D eigenvalue weighted by Gasteiger charge is 2.38. The van der Waals surface area contributed by atoms with Gasteiger partial charge in [-0.25, -0.2) is 0 Å². The summed E-state index contributed by atoms with van der Waals surface area (Å²) in [7, 11) is 0.0284. The summed E-state index contributed by atoms with van der Waals surface area (Å²) in [4.78, 5) is 0. The zero-order chi connectivity index (χ0) is 25.0. The van der Waals surface area contributed by atoms with Gasteiger partial charge in [-0.05, 0) is 98.8 Å². The first-order chi connectivity index (χ1) is 15.9. The van der Waals surface area contributed by atoms with Gasteiger partial charge in [0.15, 0.2) is 18.6 Å². The Labute approximate surface area is 202 Å². The Balaban J connectivity index is 2.04. The van der Waals surface area contributed by atoms with Gasteiger partial charge < -0.3 is 23.5 Å². The van der Waals surface area contributed by atoms with E-state index in [0.29, 0.717) is 16.8 Å². The Morgan fingerprint density at radius 1 is 0.647 bits per heavy atom. The molecule has 0 aromatic heterocycles. The van der Waals surface area contributed by atoms with Gasteiger partial charge in [-0.1, -0.05) is 0 Å². The fourth-order valence-corrected chi connectivity index (χ4v) is 8.02. The first-order valence-electron chi connectivity index (χ1n) is 11.4. The molecule has 0 radical (unpaired) electrons. The lowest BCUT2D eigenvalue weighted by molar-refractivity contribution is -0.0434. The van der Waals surface area contributed by atoms with E-state index in [-0.39, 0.29) is 0 Å². The molecular weight excluding hydrogens is 447 g/mol. The number of rotatable bonds is 5. The van der Waals surface area contributed by atoms with Gasteiger partial charge in [-0.3, -0.25) is 0 Å². The monoisotopic (exact) mass is 480 g/mol. The highest BCUT2D eigenvalue weighted by molar-refractivity contribution is 7.85. The second-order valence-corrected chi connectivity index (χ2v) is 12.3. The number of benzene rings is 3. The van der Waals surface area contributed by atoms with Crippen LogP contribution in [0.25, 0.3) is 0 Å². The van der Waals surface area contributed by atoms with E-state index in [1.54, 1.807) is 14.2 Å². The average molecular weight is 481 g/mol. The van der Waals surface area contributed by atoms with Gasteiger partial charge in [-0.2, -0.15) is 0 Å². The van der Waals surface area contributed by atoms with E-state index >= 15 is 4.57 Å². The third kappa shape index (κ3) is 3.86. The standard InChI is InChI=1S/C28H33O5P/c1-16-10-21(11-17(2)25(16)30-8)34(29,22-12-18(3)26(31-9)19(4)13-22)23-14-20(5)27-24(15-23)32-28(6,7)33-27/h10-15H,1-9H3. The molecule has 3 aromatic rings. The summed E-state index contributed by atoms with van der Waals surface area (Å²) in [6.45, 7) is 13.6. The first-order valence-corrected chi connectivity index (χ1v) is 13.1. The van der Waals surface area contributed by atoms with Crippen molar-refractivity contribution in [1.29, 1.82) is 0 Å². The van der Waals surface area contributed by atoms with E-state index in [0.717, 1.165) is 49.9 Å². The van der Waals surface area contributed by atoms with Crippen molar-refractivity contribution in [3.8, 4) is 23.0 Å². The fraction of sp³-hybridized carbons (Fsp3) is 0.357. The molecule has 0 atom stereocenters. The molecule has 0 amide bonds. The highest BCUT2D eigenvalue weighted by Crippen LogP contribution is 2.49. The molecule has 0 saturated carbocycles. The topological polar surface area (TPSA) is 54.0 Å². The molecule has 0 fully saturated rings. The molecule has 1 aliphatic rings. The third-order valence-corrected chi connectivity index (χ3v) is 9.27. The number of hydrogen-bond donors (Lipinski definition) is 0.